The van der Waals surface area contributed by atoms with Gasteiger partial charge in [0.2, 0.25) is 15.9 Å². The molecule has 9 heteroatoms. The first-order valence-corrected chi connectivity index (χ1v) is 9.41. The molecule has 0 aliphatic heterocycles. The van der Waals surface area contributed by atoms with Crippen LogP contribution >= 0.6 is 11.6 Å². The summed E-state index contributed by atoms with van der Waals surface area (Å²) in [7, 11) is -4.05. The number of sulfonamides is 1. The maximum Gasteiger partial charge on any atom is 0.322 e. The number of aliphatic carboxylic acids is 1. The molecule has 2 aromatic rings. The lowest BCUT2D eigenvalue weighted by atomic mass is 10.1. The van der Waals surface area contributed by atoms with Crippen molar-refractivity contribution in [1.82, 2.24) is 4.72 Å². The predicted molar refractivity (Wildman–Crippen MR) is 97.6 cm³/mol. The number of halogens is 1. The Bertz CT molecular complexity index is 896. The van der Waals surface area contributed by atoms with Gasteiger partial charge in [0.25, 0.3) is 0 Å². The minimum atomic E-state index is -4.05. The van der Waals surface area contributed by atoms with Crippen molar-refractivity contribution in [3.63, 3.8) is 0 Å². The summed E-state index contributed by atoms with van der Waals surface area (Å²) in [5.74, 6) is -1.58. The molecule has 0 spiro atoms. The van der Waals surface area contributed by atoms with Gasteiger partial charge < -0.3 is 10.4 Å². The standard InChI is InChI=1S/C17H17ClN2O5S/c1-11(21)19-14-6-8-15(9-7-14)26(24,25)20-16(17(22)23)10-12-2-4-13(18)5-3-12/h2-9,16,20H,10H2,1H3,(H,19,21)(H,22,23). The van der Waals surface area contributed by atoms with Gasteiger partial charge in [-0.3, -0.25) is 9.59 Å². The monoisotopic (exact) mass is 396 g/mol. The van der Waals surface area contributed by atoms with E-state index in [2.05, 4.69) is 10.0 Å². The molecule has 7 nitrogen and oxygen atoms in total. The topological polar surface area (TPSA) is 113 Å². The van der Waals surface area contributed by atoms with Gasteiger partial charge in [0, 0.05) is 17.6 Å². The summed E-state index contributed by atoms with van der Waals surface area (Å²) in [5, 5.41) is 12.4. The largest absolute Gasteiger partial charge is 0.480 e. The molecule has 1 atom stereocenters. The van der Waals surface area contributed by atoms with Gasteiger partial charge in [-0.15, -0.1) is 0 Å². The molecule has 0 aliphatic rings. The molecular formula is C17H17ClN2O5S. The molecular weight excluding hydrogens is 380 g/mol. The Kier molecular flexibility index (Phi) is 6.36. The van der Waals surface area contributed by atoms with E-state index in [1.165, 1.54) is 31.2 Å². The normalized spacial score (nSPS) is 12.4. The van der Waals surface area contributed by atoms with E-state index in [0.717, 1.165) is 0 Å². The first-order valence-electron chi connectivity index (χ1n) is 7.54. The summed E-state index contributed by atoms with van der Waals surface area (Å²) in [6.45, 7) is 1.33. The van der Waals surface area contributed by atoms with E-state index in [1.54, 1.807) is 24.3 Å². The van der Waals surface area contributed by atoms with Gasteiger partial charge in [0.1, 0.15) is 6.04 Å². The molecule has 0 heterocycles. The molecule has 0 saturated carbocycles. The van der Waals surface area contributed by atoms with Crippen LogP contribution in [0.15, 0.2) is 53.4 Å². The molecule has 1 unspecified atom stereocenters. The molecule has 0 fully saturated rings. The van der Waals surface area contributed by atoms with Gasteiger partial charge in [-0.25, -0.2) is 8.42 Å². The second-order valence-corrected chi connectivity index (χ2v) is 7.70. The molecule has 2 aromatic carbocycles. The number of anilines is 1. The van der Waals surface area contributed by atoms with Gasteiger partial charge in [-0.2, -0.15) is 4.72 Å². The lowest BCUT2D eigenvalue weighted by Crippen LogP contribution is -2.42. The fraction of sp³-hybridized carbons (Fsp3) is 0.176. The zero-order valence-electron chi connectivity index (χ0n) is 13.8. The number of amides is 1. The van der Waals surface area contributed by atoms with Crippen molar-refractivity contribution in [3.8, 4) is 0 Å². The Balaban J connectivity index is 2.16. The van der Waals surface area contributed by atoms with Gasteiger partial charge in [-0.05, 0) is 48.4 Å². The van der Waals surface area contributed by atoms with E-state index < -0.39 is 22.0 Å². The number of carboxylic acids is 1. The maximum atomic E-state index is 12.4. The molecule has 0 bridgehead atoms. The summed E-state index contributed by atoms with van der Waals surface area (Å²) in [5.41, 5.74) is 1.07. The van der Waals surface area contributed by atoms with Crippen LogP contribution in [-0.4, -0.2) is 31.4 Å². The summed E-state index contributed by atoms with van der Waals surface area (Å²) in [6.07, 6.45) is -0.0320. The first-order chi connectivity index (χ1) is 12.2. The molecule has 0 radical (unpaired) electrons. The van der Waals surface area contributed by atoms with E-state index in [9.17, 15) is 23.1 Å². The van der Waals surface area contributed by atoms with E-state index in [4.69, 9.17) is 11.6 Å². The molecule has 1 amide bonds. The zero-order valence-corrected chi connectivity index (χ0v) is 15.3. The third kappa shape index (κ3) is 5.55. The Labute approximate surface area is 156 Å². The molecule has 0 saturated heterocycles. The van der Waals surface area contributed by atoms with Crippen LogP contribution in [0.1, 0.15) is 12.5 Å². The zero-order chi connectivity index (χ0) is 19.3. The second-order valence-electron chi connectivity index (χ2n) is 5.55. The minimum Gasteiger partial charge on any atom is -0.480 e. The van der Waals surface area contributed by atoms with Crippen molar-refractivity contribution < 1.29 is 23.1 Å². The molecule has 3 N–H and O–H groups in total. The summed E-state index contributed by atoms with van der Waals surface area (Å²) in [6, 6.07) is 10.6. The van der Waals surface area contributed by atoms with Crippen molar-refractivity contribution in [2.24, 2.45) is 0 Å². The van der Waals surface area contributed by atoms with Crippen molar-refractivity contribution >= 4 is 39.2 Å². The van der Waals surface area contributed by atoms with Crippen LogP contribution in [0.25, 0.3) is 0 Å². The average molecular weight is 397 g/mol. The van der Waals surface area contributed by atoms with Gasteiger partial charge in [0.15, 0.2) is 0 Å². The summed E-state index contributed by atoms with van der Waals surface area (Å²) >= 11 is 5.79. The van der Waals surface area contributed by atoms with Crippen LogP contribution in [0.4, 0.5) is 5.69 Å². The fourth-order valence-corrected chi connectivity index (χ4v) is 3.53. The molecule has 0 aliphatic carbocycles. The van der Waals surface area contributed by atoms with Crippen molar-refractivity contribution in [1.29, 1.82) is 0 Å². The highest BCUT2D eigenvalue weighted by Gasteiger charge is 2.25. The van der Waals surface area contributed by atoms with Crippen LogP contribution < -0.4 is 10.0 Å². The second kappa shape index (κ2) is 8.31. The summed E-state index contributed by atoms with van der Waals surface area (Å²) in [4.78, 5) is 22.3. The summed E-state index contributed by atoms with van der Waals surface area (Å²) < 4.78 is 27.1. The van der Waals surface area contributed by atoms with Gasteiger partial charge in [-0.1, -0.05) is 23.7 Å². The van der Waals surface area contributed by atoms with Gasteiger partial charge >= 0.3 is 5.97 Å². The first kappa shape index (κ1) is 19.9. The van der Waals surface area contributed by atoms with Crippen LogP contribution in [0.3, 0.4) is 0 Å². The lowest BCUT2D eigenvalue weighted by molar-refractivity contribution is -0.138. The molecule has 2 rings (SSSR count). The number of benzene rings is 2. The highest BCUT2D eigenvalue weighted by atomic mass is 35.5. The Hall–Kier alpha value is -2.42. The molecule has 26 heavy (non-hydrogen) atoms. The number of carbonyl (C=O) groups excluding carboxylic acids is 1. The minimum absolute atomic E-state index is 0.0320. The van der Waals surface area contributed by atoms with E-state index in [-0.39, 0.29) is 17.2 Å². The number of rotatable bonds is 7. The van der Waals surface area contributed by atoms with E-state index in [0.29, 0.717) is 16.3 Å². The maximum absolute atomic E-state index is 12.4. The van der Waals surface area contributed by atoms with E-state index in [1.807, 2.05) is 0 Å². The van der Waals surface area contributed by atoms with Crippen LogP contribution in [0.5, 0.6) is 0 Å². The highest BCUT2D eigenvalue weighted by Crippen LogP contribution is 2.16. The van der Waals surface area contributed by atoms with E-state index >= 15 is 0 Å². The Morgan fingerprint density at radius 3 is 2.15 bits per heavy atom. The van der Waals surface area contributed by atoms with Crippen molar-refractivity contribution in [3.05, 3.63) is 59.1 Å². The van der Waals surface area contributed by atoms with Crippen LogP contribution in [0.2, 0.25) is 5.02 Å². The smallest absolute Gasteiger partial charge is 0.322 e. The number of nitrogens with one attached hydrogen (secondary N) is 2. The predicted octanol–water partition coefficient (Wildman–Crippen LogP) is 2.27. The van der Waals surface area contributed by atoms with Crippen molar-refractivity contribution in [2.45, 2.75) is 24.3 Å². The van der Waals surface area contributed by atoms with Crippen LogP contribution in [-0.2, 0) is 26.0 Å². The number of hydrogen-bond donors (Lipinski definition) is 3. The van der Waals surface area contributed by atoms with Crippen molar-refractivity contribution in [2.75, 3.05) is 5.32 Å². The highest BCUT2D eigenvalue weighted by molar-refractivity contribution is 7.89. The number of carbonyl (C=O) groups is 2. The lowest BCUT2D eigenvalue weighted by Gasteiger charge is -2.15. The third-order valence-corrected chi connectivity index (χ3v) is 5.17. The quantitative estimate of drug-likeness (QED) is 0.664. The van der Waals surface area contributed by atoms with Gasteiger partial charge in [0.05, 0.1) is 4.90 Å². The third-order valence-electron chi connectivity index (χ3n) is 3.43. The fourth-order valence-electron chi connectivity index (χ4n) is 2.21. The number of hydrogen-bond acceptors (Lipinski definition) is 4. The Morgan fingerprint density at radius 1 is 1.08 bits per heavy atom. The Morgan fingerprint density at radius 2 is 1.65 bits per heavy atom. The van der Waals surface area contributed by atoms with Crippen LogP contribution in [0, 0.1) is 0 Å². The molecule has 0 aromatic heterocycles. The SMILES string of the molecule is CC(=O)Nc1ccc(S(=O)(=O)NC(Cc2ccc(Cl)cc2)C(=O)O)cc1. The molecule has 138 valence electrons. The number of carboxylic acid groups (broad SMARTS) is 1. The average Bonchev–Trinajstić information content (AvgIpc) is 2.56.